The van der Waals surface area contributed by atoms with Crippen LogP contribution < -0.4 is 0 Å². The Morgan fingerprint density at radius 2 is 0.839 bits per heavy atom. The molecule has 0 amide bonds. The molecule has 0 aliphatic rings. The van der Waals surface area contributed by atoms with Crippen molar-refractivity contribution in [3.05, 3.63) is 218 Å². The summed E-state index contributed by atoms with van der Waals surface area (Å²) in [6, 6.07) is 76.3. The minimum atomic E-state index is 0.579. The van der Waals surface area contributed by atoms with Gasteiger partial charge in [-0.15, -0.1) is 0 Å². The van der Waals surface area contributed by atoms with Gasteiger partial charge in [-0.05, 0) is 75.8 Å². The highest BCUT2D eigenvalue weighted by Crippen LogP contribution is 2.41. The first-order valence-corrected chi connectivity index (χ1v) is 20.9. The van der Waals surface area contributed by atoms with Crippen LogP contribution in [0.2, 0.25) is 0 Å². The number of furan rings is 1. The van der Waals surface area contributed by atoms with Crippen LogP contribution in [0.1, 0.15) is 0 Å². The fourth-order valence-electron chi connectivity index (χ4n) is 9.04. The number of aromatic nitrogens is 4. The summed E-state index contributed by atoms with van der Waals surface area (Å²) >= 11 is 0. The zero-order valence-electron chi connectivity index (χ0n) is 33.5. The Bertz CT molecular complexity index is 3630. The molecule has 3 aromatic heterocycles. The van der Waals surface area contributed by atoms with Crippen molar-refractivity contribution in [1.29, 1.82) is 0 Å². The molecule has 0 saturated heterocycles. The van der Waals surface area contributed by atoms with E-state index >= 15 is 0 Å². The van der Waals surface area contributed by atoms with Gasteiger partial charge >= 0.3 is 0 Å². The van der Waals surface area contributed by atoms with Crippen LogP contribution in [0.5, 0.6) is 0 Å². The first-order valence-electron chi connectivity index (χ1n) is 20.9. The third-order valence-electron chi connectivity index (χ3n) is 11.9. The summed E-state index contributed by atoms with van der Waals surface area (Å²) in [5, 5.41) is 4.33. The van der Waals surface area contributed by atoms with Gasteiger partial charge in [0.15, 0.2) is 17.5 Å². The van der Waals surface area contributed by atoms with E-state index in [1.54, 1.807) is 0 Å². The first kappa shape index (κ1) is 35.5. The highest BCUT2D eigenvalue weighted by Gasteiger charge is 2.21. The Kier molecular flexibility index (Phi) is 8.42. The van der Waals surface area contributed by atoms with Gasteiger partial charge in [-0.1, -0.05) is 176 Å². The second kappa shape index (κ2) is 14.7. The molecule has 0 saturated carbocycles. The predicted molar refractivity (Wildman–Crippen MR) is 254 cm³/mol. The molecule has 0 unspecified atom stereocenters. The maximum Gasteiger partial charge on any atom is 0.164 e. The Labute approximate surface area is 357 Å². The molecule has 9 aromatic carbocycles. The molecular weight excluding hydrogens is 757 g/mol. The topological polar surface area (TPSA) is 56.7 Å². The van der Waals surface area contributed by atoms with Crippen molar-refractivity contribution in [2.24, 2.45) is 0 Å². The molecule has 0 bridgehead atoms. The van der Waals surface area contributed by atoms with Crippen LogP contribution in [0, 0.1) is 0 Å². The number of hydrogen-bond donors (Lipinski definition) is 0. The molecule has 0 aliphatic heterocycles. The van der Waals surface area contributed by atoms with E-state index < -0.39 is 0 Å². The monoisotopic (exact) mass is 792 g/mol. The molecule has 12 aromatic rings. The Morgan fingerprint density at radius 1 is 0.306 bits per heavy atom. The highest BCUT2D eigenvalue weighted by molar-refractivity contribution is 6.14. The zero-order valence-corrected chi connectivity index (χ0v) is 33.5. The van der Waals surface area contributed by atoms with Crippen LogP contribution in [0.4, 0.5) is 0 Å². The third-order valence-corrected chi connectivity index (χ3v) is 11.9. The standard InChI is InChI=1S/C57H36N4O/c1-4-17-37(18-5-1)42-23-10-11-25-44(42)40-31-33-51-48(35-40)45-26-14-15-29-50(45)61(51)41-32-34-52-49(36-41)54-47(28-16-30-53(54)62-52)57-59-55(39-21-8-3-9-22-39)58-56(60-57)46-27-13-12-24-43(46)38-19-6-2-7-20-38/h1-36H. The average molecular weight is 793 g/mol. The van der Waals surface area contributed by atoms with Gasteiger partial charge in [0.25, 0.3) is 0 Å². The van der Waals surface area contributed by atoms with Gasteiger partial charge in [-0.3, -0.25) is 0 Å². The van der Waals surface area contributed by atoms with Crippen LogP contribution in [-0.4, -0.2) is 19.5 Å². The largest absolute Gasteiger partial charge is 0.456 e. The van der Waals surface area contributed by atoms with E-state index in [9.17, 15) is 0 Å². The summed E-state index contributed by atoms with van der Waals surface area (Å²) < 4.78 is 8.97. The molecule has 0 spiro atoms. The number of rotatable bonds is 7. The fourth-order valence-corrected chi connectivity index (χ4v) is 9.04. The number of hydrogen-bond acceptors (Lipinski definition) is 4. The number of benzene rings is 9. The maximum atomic E-state index is 6.60. The molecule has 0 radical (unpaired) electrons. The molecule has 3 heterocycles. The van der Waals surface area contributed by atoms with Crippen molar-refractivity contribution >= 4 is 43.7 Å². The van der Waals surface area contributed by atoms with Crippen LogP contribution >= 0.6 is 0 Å². The van der Waals surface area contributed by atoms with Gasteiger partial charge in [0, 0.05) is 43.9 Å². The smallest absolute Gasteiger partial charge is 0.164 e. The van der Waals surface area contributed by atoms with E-state index in [0.29, 0.717) is 17.5 Å². The molecule has 0 aliphatic carbocycles. The normalized spacial score (nSPS) is 11.5. The second-order valence-electron chi connectivity index (χ2n) is 15.5. The summed E-state index contributed by atoms with van der Waals surface area (Å²) in [6.45, 7) is 0. The van der Waals surface area contributed by atoms with Gasteiger partial charge in [-0.25, -0.2) is 15.0 Å². The van der Waals surface area contributed by atoms with E-state index in [1.807, 2.05) is 54.6 Å². The maximum absolute atomic E-state index is 6.60. The Morgan fingerprint density at radius 3 is 1.55 bits per heavy atom. The van der Waals surface area contributed by atoms with Gasteiger partial charge < -0.3 is 8.98 Å². The van der Waals surface area contributed by atoms with E-state index in [-0.39, 0.29) is 0 Å². The molecule has 0 fully saturated rings. The van der Waals surface area contributed by atoms with Crippen molar-refractivity contribution < 1.29 is 4.42 Å². The molecule has 5 heteroatoms. The van der Waals surface area contributed by atoms with Crippen LogP contribution in [0.15, 0.2) is 223 Å². The predicted octanol–water partition coefficient (Wildman–Crippen LogP) is 14.9. The van der Waals surface area contributed by atoms with E-state index in [1.165, 1.54) is 33.0 Å². The van der Waals surface area contributed by atoms with E-state index in [0.717, 1.165) is 66.5 Å². The van der Waals surface area contributed by atoms with Gasteiger partial charge in [-0.2, -0.15) is 0 Å². The fraction of sp³-hybridized carbons (Fsp3) is 0. The summed E-state index contributed by atoms with van der Waals surface area (Å²) in [4.78, 5) is 15.6. The van der Waals surface area contributed by atoms with Crippen molar-refractivity contribution in [2.45, 2.75) is 0 Å². The lowest BCUT2D eigenvalue weighted by atomic mass is 9.94. The Hall–Kier alpha value is -8.41. The molecular formula is C57H36N4O. The van der Waals surface area contributed by atoms with Crippen LogP contribution in [-0.2, 0) is 0 Å². The molecule has 0 atom stereocenters. The lowest BCUT2D eigenvalue weighted by Gasteiger charge is -2.12. The molecule has 12 rings (SSSR count). The Balaban J connectivity index is 1.05. The van der Waals surface area contributed by atoms with Crippen molar-refractivity contribution in [3.8, 4) is 73.2 Å². The minimum Gasteiger partial charge on any atom is -0.456 e. The van der Waals surface area contributed by atoms with Crippen LogP contribution in [0.3, 0.4) is 0 Å². The molecule has 5 nitrogen and oxygen atoms in total. The summed E-state index contributed by atoms with van der Waals surface area (Å²) in [6.07, 6.45) is 0. The van der Waals surface area contributed by atoms with Gasteiger partial charge in [0.1, 0.15) is 11.2 Å². The molecule has 62 heavy (non-hydrogen) atoms. The first-order chi connectivity index (χ1) is 30.7. The number of nitrogens with zero attached hydrogens (tertiary/aromatic N) is 4. The van der Waals surface area contributed by atoms with Crippen molar-refractivity contribution in [3.63, 3.8) is 0 Å². The van der Waals surface area contributed by atoms with E-state index in [4.69, 9.17) is 19.4 Å². The summed E-state index contributed by atoms with van der Waals surface area (Å²) in [7, 11) is 0. The molecule has 0 N–H and O–H groups in total. The highest BCUT2D eigenvalue weighted by atomic mass is 16.3. The second-order valence-corrected chi connectivity index (χ2v) is 15.5. The third kappa shape index (κ3) is 5.98. The summed E-state index contributed by atoms with van der Waals surface area (Å²) in [5.74, 6) is 1.79. The van der Waals surface area contributed by atoms with Gasteiger partial charge in [0.2, 0.25) is 0 Å². The molecule has 290 valence electrons. The van der Waals surface area contributed by atoms with Crippen LogP contribution in [0.25, 0.3) is 117 Å². The van der Waals surface area contributed by atoms with E-state index in [2.05, 4.69) is 168 Å². The lowest BCUT2D eigenvalue weighted by molar-refractivity contribution is 0.669. The quantitative estimate of drug-likeness (QED) is 0.161. The van der Waals surface area contributed by atoms with Crippen molar-refractivity contribution in [1.82, 2.24) is 19.5 Å². The summed E-state index contributed by atoms with van der Waals surface area (Å²) in [5.41, 5.74) is 14.5. The zero-order chi connectivity index (χ0) is 41.0. The SMILES string of the molecule is c1ccc(-c2nc(-c3ccccc3-c3ccccc3)nc(-c3cccc4oc5ccc(-n6c7ccccc7c7cc(-c8ccccc8-c8ccccc8)ccc76)cc5c34)n2)cc1. The van der Waals surface area contributed by atoms with Crippen molar-refractivity contribution in [2.75, 3.05) is 0 Å². The minimum absolute atomic E-state index is 0.579. The average Bonchev–Trinajstić information content (AvgIpc) is 3.90. The number of para-hydroxylation sites is 1. The lowest BCUT2D eigenvalue weighted by Crippen LogP contribution is -2.01. The number of fused-ring (bicyclic) bond motifs is 6. The van der Waals surface area contributed by atoms with Gasteiger partial charge in [0.05, 0.1) is 11.0 Å².